The molecular formula is C21H23NO6. The predicted molar refractivity (Wildman–Crippen MR) is 102 cm³/mol. The maximum atomic E-state index is 13.0. The lowest BCUT2D eigenvalue weighted by atomic mass is 9.87. The number of carbonyl (C=O) groups is 1. The van der Waals surface area contributed by atoms with Gasteiger partial charge in [-0.1, -0.05) is 0 Å². The van der Waals surface area contributed by atoms with E-state index in [0.29, 0.717) is 23.0 Å². The number of benzene rings is 2. The molecule has 0 radical (unpaired) electrons. The smallest absolute Gasteiger partial charge is 0.231 e. The van der Waals surface area contributed by atoms with Crippen LogP contribution in [0.2, 0.25) is 0 Å². The highest BCUT2D eigenvalue weighted by atomic mass is 16.7. The Hall–Kier alpha value is -2.93. The molecule has 0 saturated heterocycles. The number of aromatic hydroxyl groups is 1. The lowest BCUT2D eigenvalue weighted by molar-refractivity contribution is 0.0923. The summed E-state index contributed by atoms with van der Waals surface area (Å²) in [6, 6.07) is 6.50. The third-order valence-corrected chi connectivity index (χ3v) is 5.43. The summed E-state index contributed by atoms with van der Waals surface area (Å²) in [4.78, 5) is 15.1. The van der Waals surface area contributed by atoms with Gasteiger partial charge in [0.2, 0.25) is 12.5 Å². The minimum Gasteiger partial charge on any atom is -0.507 e. The van der Waals surface area contributed by atoms with E-state index in [-0.39, 0.29) is 36.4 Å². The molecule has 0 aromatic heterocycles. The van der Waals surface area contributed by atoms with Crippen molar-refractivity contribution in [2.24, 2.45) is 0 Å². The van der Waals surface area contributed by atoms with E-state index >= 15 is 0 Å². The summed E-state index contributed by atoms with van der Waals surface area (Å²) >= 11 is 0. The molecule has 4 rings (SSSR count). The van der Waals surface area contributed by atoms with Crippen LogP contribution in [0.25, 0.3) is 0 Å². The summed E-state index contributed by atoms with van der Waals surface area (Å²) in [7, 11) is 5.10. The highest BCUT2D eigenvalue weighted by molar-refractivity contribution is 5.99. The fraction of sp³-hybridized carbons (Fsp3) is 0.381. The van der Waals surface area contributed by atoms with Crippen molar-refractivity contribution >= 4 is 5.78 Å². The molecule has 0 bridgehead atoms. The second-order valence-corrected chi connectivity index (χ2v) is 6.97. The molecule has 1 unspecified atom stereocenters. The molecule has 1 atom stereocenters. The lowest BCUT2D eigenvalue weighted by Crippen LogP contribution is -2.34. The molecule has 0 spiro atoms. The number of phenols is 1. The first kappa shape index (κ1) is 18.4. The first-order chi connectivity index (χ1) is 13.5. The molecule has 1 N–H and O–H groups in total. The number of carbonyl (C=O) groups excluding carboxylic acids is 1. The SMILES string of the molecule is COc1ccc(C(=O)CC2c3c(cc4c(c3OC)OCO4)CCN2C)c(O)c1. The molecule has 28 heavy (non-hydrogen) atoms. The van der Waals surface area contributed by atoms with Crippen molar-refractivity contribution in [3.05, 3.63) is 41.0 Å². The summed E-state index contributed by atoms with van der Waals surface area (Å²) in [6.07, 6.45) is 1.04. The number of Topliss-reactive ketones (excluding diaryl/α,β-unsaturated/α-hetero) is 1. The largest absolute Gasteiger partial charge is 0.507 e. The van der Waals surface area contributed by atoms with Crippen LogP contribution < -0.4 is 18.9 Å². The van der Waals surface area contributed by atoms with Crippen molar-refractivity contribution in [3.63, 3.8) is 0 Å². The average Bonchev–Trinajstić information content (AvgIpc) is 3.16. The summed E-state index contributed by atoms with van der Waals surface area (Å²) in [6.45, 7) is 0.968. The van der Waals surface area contributed by atoms with E-state index in [0.717, 1.165) is 24.1 Å². The zero-order valence-electron chi connectivity index (χ0n) is 16.2. The summed E-state index contributed by atoms with van der Waals surface area (Å²) in [5.41, 5.74) is 2.32. The zero-order chi connectivity index (χ0) is 19.8. The van der Waals surface area contributed by atoms with Crippen LogP contribution in [0.3, 0.4) is 0 Å². The molecule has 7 nitrogen and oxygen atoms in total. The minimum atomic E-state index is -0.192. The van der Waals surface area contributed by atoms with Gasteiger partial charge in [0, 0.05) is 30.6 Å². The van der Waals surface area contributed by atoms with E-state index in [1.165, 1.54) is 13.2 Å². The van der Waals surface area contributed by atoms with Crippen molar-refractivity contribution in [1.29, 1.82) is 0 Å². The first-order valence-corrected chi connectivity index (χ1v) is 9.13. The van der Waals surface area contributed by atoms with Crippen LogP contribution >= 0.6 is 0 Å². The molecule has 0 aliphatic carbocycles. The molecule has 2 aromatic rings. The summed E-state index contributed by atoms with van der Waals surface area (Å²) < 4.78 is 21.9. The van der Waals surface area contributed by atoms with E-state index in [4.69, 9.17) is 18.9 Å². The van der Waals surface area contributed by atoms with Crippen molar-refractivity contribution in [3.8, 4) is 28.7 Å². The Morgan fingerprint density at radius 1 is 1.25 bits per heavy atom. The Kier molecular flexibility index (Phi) is 4.77. The Morgan fingerprint density at radius 2 is 2.07 bits per heavy atom. The molecular weight excluding hydrogens is 362 g/mol. The number of fused-ring (bicyclic) bond motifs is 2. The van der Waals surface area contributed by atoms with E-state index in [2.05, 4.69) is 4.90 Å². The van der Waals surface area contributed by atoms with Crippen molar-refractivity contribution in [1.82, 2.24) is 4.90 Å². The summed E-state index contributed by atoms with van der Waals surface area (Å²) in [5.74, 6) is 2.15. The number of rotatable bonds is 5. The predicted octanol–water partition coefficient (Wildman–Crippen LogP) is 2.94. The number of nitrogens with zero attached hydrogens (tertiary/aromatic N) is 1. The van der Waals surface area contributed by atoms with Gasteiger partial charge in [0.25, 0.3) is 0 Å². The number of methoxy groups -OCH3 is 2. The Bertz CT molecular complexity index is 926. The molecule has 7 heteroatoms. The van der Waals surface area contributed by atoms with Crippen LogP contribution in [0.4, 0.5) is 0 Å². The number of hydrogen-bond acceptors (Lipinski definition) is 7. The molecule has 2 heterocycles. The van der Waals surface area contributed by atoms with E-state index in [1.54, 1.807) is 19.2 Å². The molecule has 0 saturated carbocycles. The molecule has 0 fully saturated rings. The van der Waals surface area contributed by atoms with E-state index < -0.39 is 0 Å². The zero-order valence-corrected chi connectivity index (χ0v) is 16.2. The number of ether oxygens (including phenoxy) is 4. The highest BCUT2D eigenvalue weighted by Crippen LogP contribution is 2.50. The second-order valence-electron chi connectivity index (χ2n) is 6.97. The third-order valence-electron chi connectivity index (χ3n) is 5.43. The quantitative estimate of drug-likeness (QED) is 0.793. The van der Waals surface area contributed by atoms with Gasteiger partial charge in [-0.3, -0.25) is 9.69 Å². The van der Waals surface area contributed by atoms with Crippen molar-refractivity contribution in [2.75, 3.05) is 34.6 Å². The number of phenolic OH excluding ortho intramolecular Hbond substituents is 1. The lowest BCUT2D eigenvalue weighted by Gasteiger charge is -2.35. The molecule has 2 aliphatic rings. The van der Waals surface area contributed by atoms with E-state index in [1.807, 2.05) is 13.1 Å². The maximum Gasteiger partial charge on any atom is 0.231 e. The van der Waals surface area contributed by atoms with Crippen LogP contribution in [0.5, 0.6) is 28.7 Å². The third kappa shape index (κ3) is 3.01. The summed E-state index contributed by atoms with van der Waals surface area (Å²) in [5, 5.41) is 10.2. The molecule has 0 amide bonds. The fourth-order valence-corrected chi connectivity index (χ4v) is 3.94. The van der Waals surface area contributed by atoms with E-state index in [9.17, 15) is 9.90 Å². The van der Waals surface area contributed by atoms with Gasteiger partial charge in [0.1, 0.15) is 11.5 Å². The molecule has 2 aromatic carbocycles. The van der Waals surface area contributed by atoms with Gasteiger partial charge in [-0.25, -0.2) is 0 Å². The standard InChI is InChI=1S/C21H23NO6/c1-22-7-6-12-8-18-20(28-11-27-18)21(26-3)19(12)15(22)10-17(24)14-5-4-13(25-2)9-16(14)23/h4-5,8-9,15,23H,6-7,10-11H2,1-3H3. The number of likely N-dealkylation sites (N-methyl/N-ethyl adjacent to an activating group) is 1. The van der Waals surface area contributed by atoms with Crippen LogP contribution in [0.1, 0.15) is 33.9 Å². The van der Waals surface area contributed by atoms with Gasteiger partial charge in [0.05, 0.1) is 19.8 Å². The van der Waals surface area contributed by atoms with Gasteiger partial charge < -0.3 is 24.1 Å². The number of ketones is 1. The van der Waals surface area contributed by atoms with Gasteiger partial charge in [-0.15, -0.1) is 0 Å². The Balaban J connectivity index is 1.70. The van der Waals surface area contributed by atoms with Gasteiger partial charge >= 0.3 is 0 Å². The first-order valence-electron chi connectivity index (χ1n) is 9.13. The van der Waals surface area contributed by atoms with Crippen LogP contribution in [-0.2, 0) is 6.42 Å². The Labute approximate surface area is 163 Å². The van der Waals surface area contributed by atoms with Crippen LogP contribution in [0.15, 0.2) is 24.3 Å². The van der Waals surface area contributed by atoms with Crippen LogP contribution in [-0.4, -0.2) is 50.4 Å². The van der Waals surface area contributed by atoms with Gasteiger partial charge in [-0.2, -0.15) is 0 Å². The molecule has 2 aliphatic heterocycles. The Morgan fingerprint density at radius 3 is 2.79 bits per heavy atom. The minimum absolute atomic E-state index is 0.0827. The average molecular weight is 385 g/mol. The monoisotopic (exact) mass is 385 g/mol. The van der Waals surface area contributed by atoms with Crippen molar-refractivity contribution in [2.45, 2.75) is 18.9 Å². The maximum absolute atomic E-state index is 13.0. The van der Waals surface area contributed by atoms with Gasteiger partial charge in [0.15, 0.2) is 17.3 Å². The second kappa shape index (κ2) is 7.24. The number of hydrogen-bond donors (Lipinski definition) is 1. The van der Waals surface area contributed by atoms with Gasteiger partial charge in [-0.05, 0) is 37.2 Å². The topological polar surface area (TPSA) is 77.5 Å². The fourth-order valence-electron chi connectivity index (χ4n) is 3.94. The highest BCUT2D eigenvalue weighted by Gasteiger charge is 2.35. The molecule has 148 valence electrons. The van der Waals surface area contributed by atoms with Crippen LogP contribution in [0, 0.1) is 0 Å². The normalized spacial score (nSPS) is 17.9. The van der Waals surface area contributed by atoms with Crippen molar-refractivity contribution < 1.29 is 28.8 Å².